The lowest BCUT2D eigenvalue weighted by molar-refractivity contribution is -0.0411. The van der Waals surface area contributed by atoms with E-state index in [4.69, 9.17) is 4.98 Å². The third-order valence-corrected chi connectivity index (χ3v) is 7.08. The van der Waals surface area contributed by atoms with Gasteiger partial charge in [-0.05, 0) is 51.0 Å². The van der Waals surface area contributed by atoms with Crippen LogP contribution < -0.4 is 15.8 Å². The first-order chi connectivity index (χ1) is 16.1. The molecule has 2 fully saturated rings. The number of aromatic nitrogens is 2. The van der Waals surface area contributed by atoms with Gasteiger partial charge in [0.25, 0.3) is 11.5 Å². The van der Waals surface area contributed by atoms with Crippen LogP contribution in [0.15, 0.2) is 41.3 Å². The summed E-state index contributed by atoms with van der Waals surface area (Å²) >= 11 is 0. The molecule has 2 bridgehead atoms. The summed E-state index contributed by atoms with van der Waals surface area (Å²) in [4.78, 5) is 31.6. The molecule has 0 radical (unpaired) electrons. The normalized spacial score (nSPS) is 21.7. The Morgan fingerprint density at radius 3 is 2.68 bits per heavy atom. The molecule has 0 spiro atoms. The zero-order valence-corrected chi connectivity index (χ0v) is 19.2. The Hall–Kier alpha value is -3.49. The lowest BCUT2D eigenvalue weighted by Gasteiger charge is -2.33. The van der Waals surface area contributed by atoms with Crippen LogP contribution in [-0.2, 0) is 0 Å². The van der Waals surface area contributed by atoms with Crippen LogP contribution in [0.4, 0.5) is 20.3 Å². The number of anilines is 2. The van der Waals surface area contributed by atoms with Crippen LogP contribution in [0.1, 0.15) is 52.9 Å². The average molecular weight is 469 g/mol. The lowest BCUT2D eigenvalue weighted by atomic mass is 10.0. The number of alkyl halides is 2. The summed E-state index contributed by atoms with van der Waals surface area (Å²) < 4.78 is 29.7. The molecule has 1 saturated carbocycles. The Labute approximate surface area is 195 Å². The van der Waals surface area contributed by atoms with Gasteiger partial charge in [-0.1, -0.05) is 12.1 Å². The van der Waals surface area contributed by atoms with Crippen LogP contribution in [-0.4, -0.2) is 39.0 Å². The number of hydrogen-bond donors (Lipinski definition) is 2. The van der Waals surface area contributed by atoms with Gasteiger partial charge < -0.3 is 15.3 Å². The van der Waals surface area contributed by atoms with E-state index < -0.39 is 17.8 Å². The molecule has 3 aromatic rings. The predicted molar refractivity (Wildman–Crippen MR) is 125 cm³/mol. The number of piperidine rings is 1. The van der Waals surface area contributed by atoms with Gasteiger partial charge in [0.2, 0.25) is 0 Å². The van der Waals surface area contributed by atoms with E-state index >= 15 is 0 Å². The lowest BCUT2D eigenvalue weighted by Crippen LogP contribution is -2.42. The van der Waals surface area contributed by atoms with Crippen molar-refractivity contribution in [1.82, 2.24) is 9.38 Å². The number of rotatable bonds is 5. The van der Waals surface area contributed by atoms with E-state index in [1.165, 1.54) is 10.5 Å². The number of aromatic carboxylic acids is 1. The molecule has 1 aliphatic carbocycles. The van der Waals surface area contributed by atoms with E-state index in [1.54, 1.807) is 31.3 Å². The monoisotopic (exact) mass is 468 g/mol. The van der Waals surface area contributed by atoms with Gasteiger partial charge in [-0.25, -0.2) is 18.6 Å². The van der Waals surface area contributed by atoms with Crippen LogP contribution in [0.2, 0.25) is 0 Å². The third-order valence-electron chi connectivity index (χ3n) is 7.08. The first kappa shape index (κ1) is 22.3. The summed E-state index contributed by atoms with van der Waals surface area (Å²) in [6, 6.07) is 7.81. The highest BCUT2D eigenvalue weighted by atomic mass is 19.3. The molecule has 0 amide bonds. The summed E-state index contributed by atoms with van der Waals surface area (Å²) in [7, 11) is 0. The molecule has 7 nitrogen and oxygen atoms in total. The second-order valence-corrected chi connectivity index (χ2v) is 9.45. The molecule has 1 unspecified atom stereocenters. The number of pyridine rings is 1. The number of fused-ring (bicyclic) bond motifs is 3. The second kappa shape index (κ2) is 7.78. The SMILES string of the molecule is Cc1cc(C(C)Nc2ccccc2C(=O)O)c2nc(N3C[C@@H]4C[C@H]3CC4(F)F)c(C)c(=O)n2c1. The number of carboxylic acid groups (broad SMARTS) is 1. The van der Waals surface area contributed by atoms with Gasteiger partial charge in [0.15, 0.2) is 0 Å². The highest BCUT2D eigenvalue weighted by molar-refractivity contribution is 5.94. The topological polar surface area (TPSA) is 86.9 Å². The fourth-order valence-electron chi connectivity index (χ4n) is 5.35. The summed E-state index contributed by atoms with van der Waals surface area (Å²) in [6.45, 7) is 5.62. The van der Waals surface area contributed by atoms with Crippen molar-refractivity contribution in [2.24, 2.45) is 5.92 Å². The van der Waals surface area contributed by atoms with Crippen molar-refractivity contribution < 1.29 is 18.7 Å². The largest absolute Gasteiger partial charge is 0.478 e. The van der Waals surface area contributed by atoms with Crippen LogP contribution >= 0.6 is 0 Å². The minimum atomic E-state index is -2.67. The third kappa shape index (κ3) is 3.50. The molecule has 3 atom stereocenters. The first-order valence-electron chi connectivity index (χ1n) is 11.3. The maximum Gasteiger partial charge on any atom is 0.337 e. The Bertz CT molecular complexity index is 1370. The van der Waals surface area contributed by atoms with Gasteiger partial charge in [-0.2, -0.15) is 0 Å². The fourth-order valence-corrected chi connectivity index (χ4v) is 5.35. The standard InChI is InChI=1S/C25H26F2N4O3/c1-13-8-19(15(3)28-20-7-5-4-6-18(20)24(33)34)22-29-21(14(2)23(32)31(22)11-13)30-12-16-9-17(30)10-25(16,26)27/h4-8,11,15-17,28H,9-10,12H2,1-3H3,(H,33,34)/t15?,16-,17-/m0/s1. The van der Waals surface area contributed by atoms with Crippen molar-refractivity contribution in [3.63, 3.8) is 0 Å². The number of hydrogen-bond acceptors (Lipinski definition) is 5. The molecule has 3 heterocycles. The molecule has 178 valence electrons. The Balaban J connectivity index is 1.60. The van der Waals surface area contributed by atoms with Gasteiger partial charge in [0, 0.05) is 42.4 Å². The highest BCUT2D eigenvalue weighted by Gasteiger charge is 2.56. The zero-order valence-electron chi connectivity index (χ0n) is 19.2. The molecule has 5 rings (SSSR count). The van der Waals surface area contributed by atoms with Gasteiger partial charge in [0.05, 0.1) is 17.2 Å². The Morgan fingerprint density at radius 1 is 1.29 bits per heavy atom. The second-order valence-electron chi connectivity index (χ2n) is 9.45. The van der Waals surface area contributed by atoms with E-state index in [0.717, 1.165) is 5.56 Å². The molecule has 2 N–H and O–H groups in total. The van der Waals surface area contributed by atoms with Gasteiger partial charge in [0.1, 0.15) is 11.5 Å². The fraction of sp³-hybridized carbons (Fsp3) is 0.400. The van der Waals surface area contributed by atoms with E-state index in [9.17, 15) is 23.5 Å². The molecule has 9 heteroatoms. The number of halogens is 2. The number of carbonyl (C=O) groups is 1. The van der Waals surface area contributed by atoms with Gasteiger partial charge >= 0.3 is 5.97 Å². The summed E-state index contributed by atoms with van der Waals surface area (Å²) in [5.74, 6) is -3.98. The molecule has 2 aromatic heterocycles. The maximum atomic E-state index is 14.1. The quantitative estimate of drug-likeness (QED) is 0.577. The summed E-state index contributed by atoms with van der Waals surface area (Å²) in [5, 5.41) is 12.8. The van der Waals surface area contributed by atoms with E-state index in [-0.39, 0.29) is 36.2 Å². The van der Waals surface area contributed by atoms with Crippen LogP contribution in [0.3, 0.4) is 0 Å². The molecule has 2 aliphatic rings. The van der Waals surface area contributed by atoms with Crippen LogP contribution in [0.5, 0.6) is 0 Å². The molecule has 1 aliphatic heterocycles. The van der Waals surface area contributed by atoms with Crippen LogP contribution in [0, 0.1) is 19.8 Å². The number of carboxylic acids is 1. The molecular weight excluding hydrogens is 442 g/mol. The zero-order chi connectivity index (χ0) is 24.4. The molecule has 34 heavy (non-hydrogen) atoms. The van der Waals surface area contributed by atoms with E-state index in [0.29, 0.717) is 34.7 Å². The number of benzene rings is 1. The van der Waals surface area contributed by atoms with Crippen molar-refractivity contribution in [1.29, 1.82) is 0 Å². The van der Waals surface area contributed by atoms with E-state index in [2.05, 4.69) is 5.32 Å². The smallest absolute Gasteiger partial charge is 0.337 e. The van der Waals surface area contributed by atoms with Crippen LogP contribution in [0.25, 0.3) is 5.65 Å². The number of para-hydroxylation sites is 1. The minimum absolute atomic E-state index is 0.141. The number of aryl methyl sites for hydroxylation is 1. The van der Waals surface area contributed by atoms with Crippen molar-refractivity contribution in [3.8, 4) is 0 Å². The van der Waals surface area contributed by atoms with E-state index in [1.807, 2.05) is 24.8 Å². The van der Waals surface area contributed by atoms with Crippen molar-refractivity contribution in [3.05, 3.63) is 69.1 Å². The van der Waals surface area contributed by atoms with Crippen molar-refractivity contribution >= 4 is 23.1 Å². The Morgan fingerprint density at radius 2 is 2.03 bits per heavy atom. The first-order valence-corrected chi connectivity index (χ1v) is 11.3. The molecular formula is C25H26F2N4O3. The molecule has 1 aromatic carbocycles. The van der Waals surface area contributed by atoms with Gasteiger partial charge in [-0.15, -0.1) is 0 Å². The maximum absolute atomic E-state index is 14.1. The minimum Gasteiger partial charge on any atom is -0.478 e. The summed E-state index contributed by atoms with van der Waals surface area (Å²) in [6.07, 6.45) is 1.90. The average Bonchev–Trinajstić information content (AvgIpc) is 3.32. The Kier molecular flexibility index (Phi) is 5.11. The van der Waals surface area contributed by atoms with Gasteiger partial charge in [-0.3, -0.25) is 9.20 Å². The molecule has 1 saturated heterocycles. The number of nitrogens with one attached hydrogen (secondary N) is 1. The number of nitrogens with zero attached hydrogens (tertiary/aromatic N) is 3. The summed E-state index contributed by atoms with van der Waals surface area (Å²) in [5.41, 5.74) is 2.78. The van der Waals surface area contributed by atoms with Crippen molar-refractivity contribution in [2.75, 3.05) is 16.8 Å². The highest BCUT2D eigenvalue weighted by Crippen LogP contribution is 2.49. The predicted octanol–water partition coefficient (Wildman–Crippen LogP) is 4.42. The van der Waals surface area contributed by atoms with Crippen molar-refractivity contribution in [2.45, 2.75) is 51.6 Å².